The summed E-state index contributed by atoms with van der Waals surface area (Å²) in [5.41, 5.74) is 0. The summed E-state index contributed by atoms with van der Waals surface area (Å²) in [4.78, 5) is 21.6. The van der Waals surface area contributed by atoms with Crippen LogP contribution < -0.4 is 0 Å². The summed E-state index contributed by atoms with van der Waals surface area (Å²) in [5.74, 6) is 0. The molecule has 0 fully saturated rings. The molecular formula is H4LiO4PSi. The van der Waals surface area contributed by atoms with Crippen molar-refractivity contribution in [3.63, 3.8) is 0 Å². The number of rotatable bonds is 0. The molecule has 7 heteroatoms. The van der Waals surface area contributed by atoms with Crippen molar-refractivity contribution in [2.75, 3.05) is 0 Å². The predicted octanol–water partition coefficient (Wildman–Crippen LogP) is -1.96. The fourth-order valence-electron chi connectivity index (χ4n) is 0. The first kappa shape index (κ1) is 15.7. The monoisotopic (exact) mass is 134 g/mol. The number of phosphoric acid groups is 1. The molecule has 0 spiro atoms. The molecule has 0 saturated heterocycles. The van der Waals surface area contributed by atoms with Crippen molar-refractivity contribution in [1.82, 2.24) is 0 Å². The molecule has 0 saturated carbocycles. The molecule has 0 aliphatic carbocycles. The third-order valence-electron chi connectivity index (χ3n) is 0. The molecule has 0 unspecified atom stereocenters. The maximum atomic E-state index is 8.88. The first-order valence-electron chi connectivity index (χ1n) is 0.783. The number of hydrogen-bond acceptors (Lipinski definition) is 1. The summed E-state index contributed by atoms with van der Waals surface area (Å²) in [6.07, 6.45) is 0. The molecule has 3 N–H and O–H groups in total. The quantitative estimate of drug-likeness (QED) is 0.265. The van der Waals surface area contributed by atoms with E-state index in [1.165, 1.54) is 0 Å². The van der Waals surface area contributed by atoms with Crippen molar-refractivity contribution < 1.29 is 19.2 Å². The summed E-state index contributed by atoms with van der Waals surface area (Å²) >= 11 is 0. The van der Waals surface area contributed by atoms with Crippen LogP contribution in [0.4, 0.5) is 0 Å². The van der Waals surface area contributed by atoms with Crippen LogP contribution in [0.15, 0.2) is 0 Å². The van der Waals surface area contributed by atoms with E-state index in [1.807, 2.05) is 0 Å². The molecule has 0 rings (SSSR count). The summed E-state index contributed by atoms with van der Waals surface area (Å²) in [6.45, 7) is 0. The minimum atomic E-state index is -4.64. The first-order valence-corrected chi connectivity index (χ1v) is 2.35. The van der Waals surface area contributed by atoms with E-state index in [1.54, 1.807) is 0 Å². The average molecular weight is 134 g/mol. The van der Waals surface area contributed by atoms with E-state index in [9.17, 15) is 0 Å². The Labute approximate surface area is 57.4 Å². The largest absolute Gasteiger partial charge is 0 e. The molecule has 38 valence electrons. The minimum Gasteiger partial charge on any atom is 0 e. The van der Waals surface area contributed by atoms with Gasteiger partial charge in [0, 0.05) is 11.0 Å². The van der Waals surface area contributed by atoms with Gasteiger partial charge in [-0.2, -0.15) is 0 Å². The zero-order valence-corrected chi connectivity index (χ0v) is 4.59. The molecule has 0 aliphatic heterocycles. The normalized spacial score (nSPS) is 8.43. The van der Waals surface area contributed by atoms with Crippen LogP contribution >= 0.6 is 7.82 Å². The Morgan fingerprint density at radius 2 is 1.14 bits per heavy atom. The third kappa shape index (κ3) is 197. The van der Waals surface area contributed by atoms with Gasteiger partial charge in [-0.1, -0.05) is 0 Å². The maximum absolute atomic E-state index is 8.88. The molecule has 0 aliphatic rings. The van der Waals surface area contributed by atoms with Crippen molar-refractivity contribution in [3.8, 4) is 0 Å². The van der Waals surface area contributed by atoms with Gasteiger partial charge in [-0.25, -0.2) is 4.57 Å². The third-order valence-corrected chi connectivity index (χ3v) is 0. The summed E-state index contributed by atoms with van der Waals surface area (Å²) in [6, 6.07) is 0. The van der Waals surface area contributed by atoms with Gasteiger partial charge in [-0.15, -0.1) is 0 Å². The Hall–Kier alpha value is 0.924. The van der Waals surface area contributed by atoms with E-state index in [4.69, 9.17) is 19.2 Å². The molecule has 0 aromatic carbocycles. The molecule has 0 heterocycles. The van der Waals surface area contributed by atoms with Crippen LogP contribution in [0.1, 0.15) is 0 Å². The van der Waals surface area contributed by atoms with E-state index < -0.39 is 7.82 Å². The Morgan fingerprint density at radius 1 is 1.14 bits per heavy atom. The predicted molar refractivity (Wildman–Crippen MR) is 27.2 cm³/mol. The summed E-state index contributed by atoms with van der Waals surface area (Å²) in [7, 11) is -4.64. The molecule has 4 radical (unpaired) electrons. The number of hydrogen-bond donors (Lipinski definition) is 3. The molecule has 0 atom stereocenters. The Balaban J connectivity index is -0.0000000800. The summed E-state index contributed by atoms with van der Waals surface area (Å²) < 4.78 is 8.88. The van der Waals surface area contributed by atoms with Crippen LogP contribution in [0, 0.1) is 0 Å². The molecule has 0 aromatic heterocycles. The Kier molecular flexibility index (Phi) is 11.3. The summed E-state index contributed by atoms with van der Waals surface area (Å²) in [5, 5.41) is 0. The van der Waals surface area contributed by atoms with Crippen LogP contribution in [0.2, 0.25) is 0 Å². The van der Waals surface area contributed by atoms with Gasteiger partial charge in [0.15, 0.2) is 0 Å². The van der Waals surface area contributed by atoms with Gasteiger partial charge in [-0.3, -0.25) is 0 Å². The van der Waals surface area contributed by atoms with Crippen molar-refractivity contribution in [2.45, 2.75) is 0 Å². The Morgan fingerprint density at radius 3 is 1.14 bits per heavy atom. The molecule has 0 amide bonds. The second-order valence-corrected chi connectivity index (χ2v) is 1.54. The van der Waals surface area contributed by atoms with Crippen LogP contribution in [-0.2, 0) is 4.57 Å². The van der Waals surface area contributed by atoms with Gasteiger partial charge in [0.05, 0.1) is 0 Å². The standard InChI is InChI=1S/Li.H3O4P.Si.H/c;1-5(2,3)4;;/h;(H3,1,2,3,4);;. The fraction of sp³-hybridized carbons (Fsp3) is 0. The molecule has 4 nitrogen and oxygen atoms in total. The van der Waals surface area contributed by atoms with Crippen LogP contribution in [-0.4, -0.2) is 44.5 Å². The van der Waals surface area contributed by atoms with E-state index in [2.05, 4.69) is 0 Å². The molecule has 7 heavy (non-hydrogen) atoms. The second-order valence-electron chi connectivity index (χ2n) is 0.513. The van der Waals surface area contributed by atoms with E-state index in [-0.39, 0.29) is 29.8 Å². The van der Waals surface area contributed by atoms with Gasteiger partial charge >= 0.3 is 26.7 Å². The zero-order valence-electron chi connectivity index (χ0n) is 2.70. The van der Waals surface area contributed by atoms with Gasteiger partial charge in [0.2, 0.25) is 0 Å². The first-order chi connectivity index (χ1) is 2.00. The van der Waals surface area contributed by atoms with Crippen molar-refractivity contribution in [2.24, 2.45) is 0 Å². The smallest absolute Gasteiger partial charge is 0 e. The van der Waals surface area contributed by atoms with E-state index in [0.29, 0.717) is 0 Å². The maximum Gasteiger partial charge on any atom is 0 e. The van der Waals surface area contributed by atoms with Crippen LogP contribution in [0.3, 0.4) is 0 Å². The van der Waals surface area contributed by atoms with E-state index in [0.717, 1.165) is 0 Å². The molecular weight excluding hydrogens is 130 g/mol. The van der Waals surface area contributed by atoms with Gasteiger partial charge < -0.3 is 14.7 Å². The zero-order chi connectivity index (χ0) is 4.50. The van der Waals surface area contributed by atoms with E-state index >= 15 is 0 Å². The van der Waals surface area contributed by atoms with Gasteiger partial charge in [0.25, 0.3) is 0 Å². The topological polar surface area (TPSA) is 77.8 Å². The van der Waals surface area contributed by atoms with Gasteiger partial charge in [0.1, 0.15) is 0 Å². The fourth-order valence-corrected chi connectivity index (χ4v) is 0. The van der Waals surface area contributed by atoms with Gasteiger partial charge in [-0.05, 0) is 0 Å². The second kappa shape index (κ2) is 5.07. The minimum absolute atomic E-state index is 0. The van der Waals surface area contributed by atoms with Crippen molar-refractivity contribution in [1.29, 1.82) is 0 Å². The Bertz CT molecular complexity index is 57.8. The van der Waals surface area contributed by atoms with Crippen molar-refractivity contribution in [3.05, 3.63) is 0 Å². The van der Waals surface area contributed by atoms with Crippen molar-refractivity contribution >= 4 is 37.6 Å². The average Bonchev–Trinajstić information content (AvgIpc) is 0.722. The van der Waals surface area contributed by atoms with Crippen LogP contribution in [0.25, 0.3) is 0 Å². The molecule has 0 bridgehead atoms. The SMILES string of the molecule is O=P(O)(O)O.[LiH].[Si]. The molecule has 0 aromatic rings. The van der Waals surface area contributed by atoms with Crippen LogP contribution in [0.5, 0.6) is 0 Å².